The van der Waals surface area contributed by atoms with Gasteiger partial charge < -0.3 is 14.2 Å². The Morgan fingerprint density at radius 2 is 1.46 bits per heavy atom. The van der Waals surface area contributed by atoms with Crippen molar-refractivity contribution >= 4 is 28.9 Å². The highest BCUT2D eigenvalue weighted by Gasteiger charge is 2.60. The number of carbonyl (C=O) groups is 2. The Hall–Kier alpha value is -4.64. The van der Waals surface area contributed by atoms with Gasteiger partial charge in [0, 0.05) is 12.1 Å². The number of hydrogen-bond donors (Lipinski definition) is 0. The largest absolute Gasteiger partial charge is 0.493 e. The van der Waals surface area contributed by atoms with E-state index < -0.39 is 34.8 Å². The first-order valence-electron chi connectivity index (χ1n) is 11.3. The van der Waals surface area contributed by atoms with Gasteiger partial charge in [0.05, 0.1) is 43.7 Å². The maximum atomic E-state index is 13.8. The molecule has 0 radical (unpaired) electrons. The Morgan fingerprint density at radius 3 is 2.00 bits per heavy atom. The highest BCUT2D eigenvalue weighted by Crippen LogP contribution is 2.50. The first-order valence-corrected chi connectivity index (χ1v) is 11.3. The number of methoxy groups -OCH3 is 3. The molecule has 0 aliphatic carbocycles. The fourth-order valence-corrected chi connectivity index (χ4v) is 4.80. The molecule has 0 unspecified atom stereocenters. The summed E-state index contributed by atoms with van der Waals surface area (Å²) in [5.41, 5.74) is 1.34. The summed E-state index contributed by atoms with van der Waals surface area (Å²) in [5, 5.41) is 12.6. The van der Waals surface area contributed by atoms with Crippen molar-refractivity contribution in [3.8, 4) is 17.2 Å². The molecule has 2 saturated heterocycles. The number of anilines is 2. The van der Waals surface area contributed by atoms with Crippen molar-refractivity contribution in [2.45, 2.75) is 12.1 Å². The van der Waals surface area contributed by atoms with Crippen LogP contribution in [0.25, 0.3) is 0 Å². The van der Waals surface area contributed by atoms with Gasteiger partial charge >= 0.3 is 0 Å². The lowest BCUT2D eigenvalue weighted by atomic mass is 9.90. The molecule has 3 aromatic carbocycles. The van der Waals surface area contributed by atoms with Crippen molar-refractivity contribution < 1.29 is 33.6 Å². The van der Waals surface area contributed by atoms with E-state index in [1.54, 1.807) is 17.2 Å². The molecule has 11 nitrogen and oxygen atoms in total. The lowest BCUT2D eigenvalue weighted by Gasteiger charge is -2.29. The molecule has 0 spiro atoms. The molecule has 2 aliphatic rings. The lowest BCUT2D eigenvalue weighted by Crippen LogP contribution is -2.37. The number of nitro groups is 1. The molecule has 2 amide bonds. The number of imide groups is 1. The summed E-state index contributed by atoms with van der Waals surface area (Å²) in [7, 11) is 4.47. The predicted octanol–water partition coefficient (Wildman–Crippen LogP) is 3.67. The number of hydrogen-bond acceptors (Lipinski definition) is 9. The standard InChI is InChI=1S/C26H23N3O8/c1-34-19-13-15(14-20(35-2)23(19)36-3)22-21-24(37-28(22)17-7-5-4-6-8-17)26(31)27(25(21)30)16-9-11-18(12-10-16)29(32)33/h4-14,21-22,24H,1-3H3/t21-,22-,24-/m1/s1. The minimum absolute atomic E-state index is 0.148. The van der Waals surface area contributed by atoms with Gasteiger partial charge in [0.15, 0.2) is 17.6 Å². The molecule has 2 fully saturated rings. The van der Waals surface area contributed by atoms with E-state index in [9.17, 15) is 19.7 Å². The molecule has 0 aromatic heterocycles. The zero-order valence-electron chi connectivity index (χ0n) is 20.2. The van der Waals surface area contributed by atoms with E-state index in [-0.39, 0.29) is 11.4 Å². The smallest absolute Gasteiger partial charge is 0.269 e. The molecule has 11 heteroatoms. The molecule has 2 heterocycles. The zero-order valence-corrected chi connectivity index (χ0v) is 20.2. The minimum Gasteiger partial charge on any atom is -0.493 e. The van der Waals surface area contributed by atoms with Gasteiger partial charge in [-0.05, 0) is 42.0 Å². The highest BCUT2D eigenvalue weighted by atomic mass is 16.7. The molecular weight excluding hydrogens is 482 g/mol. The number of benzene rings is 3. The molecule has 0 N–H and O–H groups in total. The Morgan fingerprint density at radius 1 is 0.838 bits per heavy atom. The second kappa shape index (κ2) is 9.43. The number of fused-ring (bicyclic) bond motifs is 1. The Balaban J connectivity index is 1.61. The summed E-state index contributed by atoms with van der Waals surface area (Å²) < 4.78 is 16.5. The highest BCUT2D eigenvalue weighted by molar-refractivity contribution is 6.24. The van der Waals surface area contributed by atoms with Gasteiger partial charge in [-0.1, -0.05) is 18.2 Å². The summed E-state index contributed by atoms with van der Waals surface area (Å²) in [6.07, 6.45) is -1.10. The molecule has 0 bridgehead atoms. The van der Waals surface area contributed by atoms with Gasteiger partial charge in [-0.3, -0.25) is 24.5 Å². The van der Waals surface area contributed by atoms with Crippen molar-refractivity contribution in [1.82, 2.24) is 0 Å². The van der Waals surface area contributed by atoms with Gasteiger partial charge in [0.25, 0.3) is 11.6 Å². The number of carbonyl (C=O) groups excluding carboxylic acids is 2. The average Bonchev–Trinajstić information content (AvgIpc) is 3.43. The molecule has 2 aliphatic heterocycles. The number of hydroxylamine groups is 1. The van der Waals surface area contributed by atoms with Gasteiger partial charge in [-0.2, -0.15) is 0 Å². The first-order chi connectivity index (χ1) is 17.9. The Bertz CT molecular complexity index is 1340. The number of non-ortho nitro benzene ring substituents is 1. The van der Waals surface area contributed by atoms with Gasteiger partial charge in [0.1, 0.15) is 5.92 Å². The van der Waals surface area contributed by atoms with Crippen LogP contribution in [-0.2, 0) is 14.4 Å². The van der Waals surface area contributed by atoms with E-state index >= 15 is 0 Å². The summed E-state index contributed by atoms with van der Waals surface area (Å²) in [6.45, 7) is 0. The van der Waals surface area contributed by atoms with Crippen LogP contribution in [0.15, 0.2) is 66.7 Å². The van der Waals surface area contributed by atoms with Crippen LogP contribution in [0.5, 0.6) is 17.2 Å². The summed E-state index contributed by atoms with van der Waals surface area (Å²) in [6, 6.07) is 17.1. The van der Waals surface area contributed by atoms with E-state index in [1.807, 2.05) is 30.3 Å². The van der Waals surface area contributed by atoms with Crippen molar-refractivity contribution in [3.63, 3.8) is 0 Å². The number of nitrogens with zero attached hydrogens (tertiary/aromatic N) is 3. The first kappa shape index (κ1) is 24.1. The van der Waals surface area contributed by atoms with Crippen LogP contribution < -0.4 is 24.2 Å². The van der Waals surface area contributed by atoms with E-state index in [0.29, 0.717) is 28.5 Å². The molecule has 3 aromatic rings. The average molecular weight is 505 g/mol. The second-order valence-electron chi connectivity index (χ2n) is 8.40. The lowest BCUT2D eigenvalue weighted by molar-refractivity contribution is -0.384. The van der Waals surface area contributed by atoms with E-state index in [0.717, 1.165) is 4.90 Å². The van der Waals surface area contributed by atoms with E-state index in [1.165, 1.54) is 45.6 Å². The molecular formula is C26H23N3O8. The normalized spacial score (nSPS) is 20.7. The SMILES string of the molecule is COc1cc([C@@H]2[C@H]3C(=O)N(c4ccc([N+](=O)[O-])cc4)C(=O)[C@@H]3ON2c2ccccc2)cc(OC)c1OC. The fraction of sp³-hybridized carbons (Fsp3) is 0.231. The second-order valence-corrected chi connectivity index (χ2v) is 8.40. The minimum atomic E-state index is -1.10. The van der Waals surface area contributed by atoms with Crippen molar-refractivity contribution in [2.75, 3.05) is 31.3 Å². The fourth-order valence-electron chi connectivity index (χ4n) is 4.80. The summed E-state index contributed by atoms with van der Waals surface area (Å²) in [4.78, 5) is 44.9. The summed E-state index contributed by atoms with van der Waals surface area (Å²) >= 11 is 0. The van der Waals surface area contributed by atoms with Crippen molar-refractivity contribution in [3.05, 3.63) is 82.4 Å². The van der Waals surface area contributed by atoms with Gasteiger partial charge in [-0.15, -0.1) is 0 Å². The number of nitro benzene ring substituents is 1. The predicted molar refractivity (Wildman–Crippen MR) is 132 cm³/mol. The van der Waals surface area contributed by atoms with Crippen LogP contribution in [-0.4, -0.2) is 44.2 Å². The summed E-state index contributed by atoms with van der Waals surface area (Å²) in [5.74, 6) is -0.794. The van der Waals surface area contributed by atoms with E-state index in [2.05, 4.69) is 0 Å². The van der Waals surface area contributed by atoms with Crippen molar-refractivity contribution in [2.24, 2.45) is 5.92 Å². The van der Waals surface area contributed by atoms with Crippen LogP contribution in [0.2, 0.25) is 0 Å². The van der Waals surface area contributed by atoms with Crippen molar-refractivity contribution in [1.29, 1.82) is 0 Å². The van der Waals surface area contributed by atoms with Crippen LogP contribution in [0.1, 0.15) is 11.6 Å². The molecule has 190 valence electrons. The maximum absolute atomic E-state index is 13.8. The monoisotopic (exact) mass is 505 g/mol. The van der Waals surface area contributed by atoms with E-state index in [4.69, 9.17) is 19.0 Å². The number of para-hydroxylation sites is 1. The van der Waals surface area contributed by atoms with Crippen LogP contribution in [0.3, 0.4) is 0 Å². The van der Waals surface area contributed by atoms with Crippen LogP contribution >= 0.6 is 0 Å². The van der Waals surface area contributed by atoms with Gasteiger partial charge in [0.2, 0.25) is 11.7 Å². The number of ether oxygens (including phenoxy) is 3. The third-order valence-corrected chi connectivity index (χ3v) is 6.47. The number of amides is 2. The molecule has 37 heavy (non-hydrogen) atoms. The third-order valence-electron chi connectivity index (χ3n) is 6.47. The number of rotatable bonds is 7. The maximum Gasteiger partial charge on any atom is 0.269 e. The Kier molecular flexibility index (Phi) is 6.14. The topological polar surface area (TPSA) is 121 Å². The van der Waals surface area contributed by atoms with Crippen LogP contribution in [0, 0.1) is 16.0 Å². The Labute approximate surface area is 211 Å². The van der Waals surface area contributed by atoms with Crippen LogP contribution in [0.4, 0.5) is 17.1 Å². The van der Waals surface area contributed by atoms with Gasteiger partial charge in [-0.25, -0.2) is 9.96 Å². The molecule has 5 rings (SSSR count). The molecule has 0 saturated carbocycles. The zero-order chi connectivity index (χ0) is 26.3. The molecule has 3 atom stereocenters. The third kappa shape index (κ3) is 3.89. The quantitative estimate of drug-likeness (QED) is 0.269.